The Kier molecular flexibility index (Phi) is 6.56. The Morgan fingerprint density at radius 2 is 1.82 bits per heavy atom. The van der Waals surface area contributed by atoms with E-state index in [0.29, 0.717) is 11.9 Å². The minimum atomic E-state index is 0.119. The molecule has 4 N–H and O–H groups in total. The van der Waals surface area contributed by atoms with Crippen molar-refractivity contribution in [1.29, 1.82) is 0 Å². The monoisotopic (exact) mass is 311 g/mol. The number of nitrogens with one attached hydrogen (secondary N) is 3. The molecule has 0 radical (unpaired) electrons. The molecule has 0 saturated carbocycles. The second kappa shape index (κ2) is 8.66. The summed E-state index contributed by atoms with van der Waals surface area (Å²) in [5.74, 6) is 0.989. The molecule has 1 aliphatic rings. The van der Waals surface area contributed by atoms with E-state index in [1.807, 2.05) is 19.3 Å². The standard InChI is InChI=1S/C13H25N7O2/c1-10(2)15-12-16-11(17-13(18-12)19-21)14-4-3-5-20-6-8-22-9-7-20/h10,21H,3-9H2,1-2H3,(H3,14,15,16,17,18,19). The van der Waals surface area contributed by atoms with Crippen LogP contribution in [0.3, 0.4) is 0 Å². The van der Waals surface area contributed by atoms with E-state index in [1.54, 1.807) is 0 Å². The maximum atomic E-state index is 8.99. The van der Waals surface area contributed by atoms with Gasteiger partial charge in [-0.3, -0.25) is 10.1 Å². The van der Waals surface area contributed by atoms with E-state index in [-0.39, 0.29) is 12.0 Å². The zero-order valence-corrected chi connectivity index (χ0v) is 13.2. The van der Waals surface area contributed by atoms with Crippen molar-refractivity contribution in [1.82, 2.24) is 19.9 Å². The van der Waals surface area contributed by atoms with Crippen molar-refractivity contribution in [3.8, 4) is 0 Å². The van der Waals surface area contributed by atoms with E-state index in [1.165, 1.54) is 0 Å². The molecule has 0 unspecified atom stereocenters. The van der Waals surface area contributed by atoms with Crippen LogP contribution in [0.2, 0.25) is 0 Å². The van der Waals surface area contributed by atoms with Gasteiger partial charge in [0.15, 0.2) is 0 Å². The first-order chi connectivity index (χ1) is 10.7. The molecule has 0 amide bonds. The molecule has 0 atom stereocenters. The molecule has 1 aromatic rings. The Hall–Kier alpha value is -1.71. The van der Waals surface area contributed by atoms with Gasteiger partial charge < -0.3 is 15.4 Å². The highest BCUT2D eigenvalue weighted by Gasteiger charge is 2.10. The average Bonchev–Trinajstić information content (AvgIpc) is 2.51. The van der Waals surface area contributed by atoms with Crippen LogP contribution in [0.25, 0.3) is 0 Å². The molecular formula is C13H25N7O2. The predicted octanol–water partition coefficient (Wildman–Crippen LogP) is 0.627. The number of hydrogen-bond acceptors (Lipinski definition) is 9. The molecule has 1 saturated heterocycles. The first-order valence-electron chi connectivity index (χ1n) is 7.64. The Bertz CT molecular complexity index is 452. The minimum absolute atomic E-state index is 0.119. The molecule has 124 valence electrons. The van der Waals surface area contributed by atoms with Gasteiger partial charge in [0.1, 0.15) is 0 Å². The van der Waals surface area contributed by atoms with Crippen molar-refractivity contribution in [3.05, 3.63) is 0 Å². The molecule has 2 heterocycles. The third-order valence-electron chi connectivity index (χ3n) is 3.19. The summed E-state index contributed by atoms with van der Waals surface area (Å²) in [4.78, 5) is 14.8. The zero-order valence-electron chi connectivity index (χ0n) is 13.2. The largest absolute Gasteiger partial charge is 0.379 e. The summed E-state index contributed by atoms with van der Waals surface area (Å²) in [5, 5.41) is 15.2. The second-order valence-corrected chi connectivity index (χ2v) is 5.45. The lowest BCUT2D eigenvalue weighted by molar-refractivity contribution is 0.0378. The van der Waals surface area contributed by atoms with Gasteiger partial charge in [0, 0.05) is 25.7 Å². The lowest BCUT2D eigenvalue weighted by Crippen LogP contribution is -2.37. The molecule has 0 bridgehead atoms. The lowest BCUT2D eigenvalue weighted by atomic mass is 10.3. The topological polar surface area (TPSA) is 107 Å². The van der Waals surface area contributed by atoms with Crippen molar-refractivity contribution in [2.24, 2.45) is 0 Å². The summed E-state index contributed by atoms with van der Waals surface area (Å²) < 4.78 is 5.32. The van der Waals surface area contributed by atoms with Crippen LogP contribution in [0.1, 0.15) is 20.3 Å². The minimum Gasteiger partial charge on any atom is -0.379 e. The van der Waals surface area contributed by atoms with Crippen LogP contribution in [-0.2, 0) is 4.74 Å². The van der Waals surface area contributed by atoms with Gasteiger partial charge in [-0.2, -0.15) is 15.0 Å². The Balaban J connectivity index is 1.80. The lowest BCUT2D eigenvalue weighted by Gasteiger charge is -2.26. The summed E-state index contributed by atoms with van der Waals surface area (Å²) in [6, 6.07) is 0.197. The van der Waals surface area contributed by atoms with Crippen molar-refractivity contribution in [2.45, 2.75) is 26.3 Å². The van der Waals surface area contributed by atoms with Crippen LogP contribution < -0.4 is 16.1 Å². The van der Waals surface area contributed by atoms with Gasteiger partial charge in [-0.25, -0.2) is 5.48 Å². The molecule has 1 aromatic heterocycles. The third-order valence-corrected chi connectivity index (χ3v) is 3.19. The molecule has 1 fully saturated rings. The molecule has 0 spiro atoms. The molecule has 22 heavy (non-hydrogen) atoms. The van der Waals surface area contributed by atoms with Gasteiger partial charge in [-0.1, -0.05) is 0 Å². The highest BCUT2D eigenvalue weighted by molar-refractivity contribution is 5.41. The third kappa shape index (κ3) is 5.58. The molecular weight excluding hydrogens is 286 g/mol. The number of aromatic nitrogens is 3. The van der Waals surface area contributed by atoms with E-state index in [2.05, 4.69) is 30.5 Å². The van der Waals surface area contributed by atoms with Crippen molar-refractivity contribution in [2.75, 3.05) is 55.5 Å². The molecule has 0 aromatic carbocycles. The molecule has 2 rings (SSSR count). The summed E-state index contributed by atoms with van der Waals surface area (Å²) in [6.07, 6.45) is 0.987. The Morgan fingerprint density at radius 1 is 1.14 bits per heavy atom. The van der Waals surface area contributed by atoms with Crippen LogP contribution in [0.4, 0.5) is 17.8 Å². The number of morpholine rings is 1. The van der Waals surface area contributed by atoms with E-state index in [0.717, 1.165) is 45.8 Å². The van der Waals surface area contributed by atoms with Crippen LogP contribution in [0.15, 0.2) is 0 Å². The number of rotatable bonds is 8. The fraction of sp³-hybridized carbons (Fsp3) is 0.769. The normalized spacial score (nSPS) is 15.8. The van der Waals surface area contributed by atoms with Crippen molar-refractivity contribution in [3.63, 3.8) is 0 Å². The van der Waals surface area contributed by atoms with Gasteiger partial charge >= 0.3 is 0 Å². The van der Waals surface area contributed by atoms with Crippen LogP contribution in [-0.4, -0.2) is 70.5 Å². The van der Waals surface area contributed by atoms with Gasteiger partial charge in [-0.05, 0) is 26.8 Å². The Labute approximate surface area is 130 Å². The first kappa shape index (κ1) is 16.7. The summed E-state index contributed by atoms with van der Waals surface area (Å²) in [5.41, 5.74) is 1.96. The zero-order chi connectivity index (χ0) is 15.8. The molecule has 1 aliphatic heterocycles. The SMILES string of the molecule is CC(C)Nc1nc(NO)nc(NCCCN2CCOCC2)n1. The quantitative estimate of drug-likeness (QED) is 0.406. The number of hydrogen-bond donors (Lipinski definition) is 4. The molecule has 9 heteroatoms. The van der Waals surface area contributed by atoms with Gasteiger partial charge in [-0.15, -0.1) is 0 Å². The van der Waals surface area contributed by atoms with Crippen LogP contribution >= 0.6 is 0 Å². The summed E-state index contributed by atoms with van der Waals surface area (Å²) in [6.45, 7) is 9.38. The van der Waals surface area contributed by atoms with Gasteiger partial charge in [0.25, 0.3) is 5.95 Å². The fourth-order valence-corrected chi connectivity index (χ4v) is 2.16. The van der Waals surface area contributed by atoms with E-state index in [4.69, 9.17) is 9.94 Å². The predicted molar refractivity (Wildman–Crippen MR) is 84.4 cm³/mol. The maximum Gasteiger partial charge on any atom is 0.253 e. The first-order valence-corrected chi connectivity index (χ1v) is 7.64. The van der Waals surface area contributed by atoms with E-state index in [9.17, 15) is 0 Å². The molecule has 9 nitrogen and oxygen atoms in total. The second-order valence-electron chi connectivity index (χ2n) is 5.45. The van der Waals surface area contributed by atoms with Crippen LogP contribution in [0, 0.1) is 0 Å². The Morgan fingerprint density at radius 3 is 2.50 bits per heavy atom. The van der Waals surface area contributed by atoms with Crippen LogP contribution in [0.5, 0.6) is 0 Å². The maximum absolute atomic E-state index is 8.99. The van der Waals surface area contributed by atoms with Gasteiger partial charge in [0.05, 0.1) is 13.2 Å². The smallest absolute Gasteiger partial charge is 0.253 e. The highest BCUT2D eigenvalue weighted by atomic mass is 16.5. The van der Waals surface area contributed by atoms with Crippen molar-refractivity contribution < 1.29 is 9.94 Å². The number of nitrogens with zero attached hydrogens (tertiary/aromatic N) is 4. The summed E-state index contributed by atoms with van der Waals surface area (Å²) >= 11 is 0. The van der Waals surface area contributed by atoms with E-state index >= 15 is 0 Å². The fourth-order valence-electron chi connectivity index (χ4n) is 2.16. The number of ether oxygens (including phenoxy) is 1. The highest BCUT2D eigenvalue weighted by Crippen LogP contribution is 2.09. The number of anilines is 3. The average molecular weight is 311 g/mol. The van der Waals surface area contributed by atoms with E-state index < -0.39 is 0 Å². The van der Waals surface area contributed by atoms with Crippen molar-refractivity contribution >= 4 is 17.8 Å². The molecule has 0 aliphatic carbocycles. The van der Waals surface area contributed by atoms with Gasteiger partial charge in [0.2, 0.25) is 11.9 Å². The summed E-state index contributed by atoms with van der Waals surface area (Å²) in [7, 11) is 0.